The number of aromatic nitrogens is 3. The summed E-state index contributed by atoms with van der Waals surface area (Å²) >= 11 is 5.92. The van der Waals surface area contributed by atoms with Gasteiger partial charge in [-0.1, -0.05) is 12.8 Å². The molecule has 1 aliphatic carbocycles. The largest absolute Gasteiger partial charge is 0.461 e. The molecule has 1 aliphatic rings. The van der Waals surface area contributed by atoms with Crippen LogP contribution < -0.4 is 9.64 Å². The number of nitrogens with zero attached hydrogens (tertiary/aromatic N) is 4. The molecule has 6 nitrogen and oxygen atoms in total. The highest BCUT2D eigenvalue weighted by Crippen LogP contribution is 2.26. The second-order valence-electron chi connectivity index (χ2n) is 5.38. The van der Waals surface area contributed by atoms with E-state index in [1.54, 1.807) is 0 Å². The predicted molar refractivity (Wildman–Crippen MR) is 77.3 cm³/mol. The molecule has 0 bridgehead atoms. The molecule has 1 N–H and O–H groups in total. The minimum atomic E-state index is -0.362. The highest BCUT2D eigenvalue weighted by atomic mass is 35.5. The first-order valence-electron chi connectivity index (χ1n) is 6.96. The Hall–Kier alpha value is -1.14. The van der Waals surface area contributed by atoms with E-state index < -0.39 is 0 Å². The van der Waals surface area contributed by atoms with Crippen LogP contribution in [0.4, 0.5) is 5.95 Å². The van der Waals surface area contributed by atoms with Gasteiger partial charge in [0.25, 0.3) is 0 Å². The zero-order valence-electron chi connectivity index (χ0n) is 12.1. The molecule has 1 heterocycles. The summed E-state index contributed by atoms with van der Waals surface area (Å²) in [4.78, 5) is 14.2. The summed E-state index contributed by atoms with van der Waals surface area (Å²) in [6.07, 6.45) is 3.49. The molecule has 20 heavy (non-hydrogen) atoms. The Morgan fingerprint density at radius 2 is 1.95 bits per heavy atom. The zero-order valence-corrected chi connectivity index (χ0v) is 12.8. The van der Waals surface area contributed by atoms with Gasteiger partial charge in [-0.2, -0.15) is 15.0 Å². The summed E-state index contributed by atoms with van der Waals surface area (Å²) in [5.41, 5.74) is 0. The van der Waals surface area contributed by atoms with Crippen LogP contribution in [0.1, 0.15) is 39.5 Å². The lowest BCUT2D eigenvalue weighted by molar-refractivity contribution is 0.105. The van der Waals surface area contributed by atoms with Crippen LogP contribution in [-0.2, 0) is 0 Å². The van der Waals surface area contributed by atoms with Gasteiger partial charge in [0.1, 0.15) is 0 Å². The van der Waals surface area contributed by atoms with Gasteiger partial charge in [-0.15, -0.1) is 0 Å². The van der Waals surface area contributed by atoms with E-state index in [4.69, 9.17) is 16.3 Å². The minimum absolute atomic E-state index is 0.00844. The second-order valence-corrected chi connectivity index (χ2v) is 5.72. The molecule has 1 saturated carbocycles. The van der Waals surface area contributed by atoms with Gasteiger partial charge in [0.15, 0.2) is 0 Å². The van der Waals surface area contributed by atoms with Crippen molar-refractivity contribution in [2.75, 3.05) is 11.9 Å². The second kappa shape index (κ2) is 6.54. The van der Waals surface area contributed by atoms with Crippen molar-refractivity contribution in [3.05, 3.63) is 5.28 Å². The Balaban J connectivity index is 2.20. The highest BCUT2D eigenvalue weighted by Gasteiger charge is 2.28. The molecule has 0 aromatic carbocycles. The summed E-state index contributed by atoms with van der Waals surface area (Å²) < 4.78 is 5.46. The maximum absolute atomic E-state index is 10.1. The van der Waals surface area contributed by atoms with Gasteiger partial charge in [0.2, 0.25) is 11.2 Å². The number of ether oxygens (including phenoxy) is 1. The topological polar surface area (TPSA) is 71.4 Å². The standard InChI is InChI=1S/C13H21ClN4O2/c1-8(2)20-13-16-11(14)15-12(17-13)18(3)9-6-4-5-7-10(9)19/h8-10,19H,4-7H2,1-3H3. The number of aliphatic hydroxyl groups excluding tert-OH is 1. The third-order valence-electron chi connectivity index (χ3n) is 3.42. The minimum Gasteiger partial charge on any atom is -0.461 e. The van der Waals surface area contributed by atoms with Crippen LogP contribution in [0.3, 0.4) is 0 Å². The first-order valence-corrected chi connectivity index (χ1v) is 7.34. The van der Waals surface area contributed by atoms with Crippen molar-refractivity contribution in [3.63, 3.8) is 0 Å². The number of hydrogen-bond donors (Lipinski definition) is 1. The third-order valence-corrected chi connectivity index (χ3v) is 3.59. The number of aliphatic hydroxyl groups is 1. The van der Waals surface area contributed by atoms with Crippen molar-refractivity contribution in [2.24, 2.45) is 0 Å². The maximum atomic E-state index is 10.1. The molecule has 2 rings (SSSR count). The Morgan fingerprint density at radius 1 is 1.25 bits per heavy atom. The number of hydrogen-bond acceptors (Lipinski definition) is 6. The Kier molecular flexibility index (Phi) is 4.99. The molecule has 0 aliphatic heterocycles. The first-order chi connectivity index (χ1) is 9.47. The summed E-state index contributed by atoms with van der Waals surface area (Å²) in [5, 5.41) is 10.2. The molecule has 1 fully saturated rings. The average Bonchev–Trinajstić information content (AvgIpc) is 2.37. The van der Waals surface area contributed by atoms with E-state index in [1.165, 1.54) is 0 Å². The van der Waals surface area contributed by atoms with Gasteiger partial charge in [-0.25, -0.2) is 0 Å². The molecule has 0 spiro atoms. The van der Waals surface area contributed by atoms with Crippen LogP contribution in [0.5, 0.6) is 6.01 Å². The van der Waals surface area contributed by atoms with Crippen molar-refractivity contribution in [1.82, 2.24) is 15.0 Å². The van der Waals surface area contributed by atoms with Crippen LogP contribution in [0.2, 0.25) is 5.28 Å². The third kappa shape index (κ3) is 3.70. The predicted octanol–water partition coefficient (Wildman–Crippen LogP) is 2.05. The van der Waals surface area contributed by atoms with E-state index in [0.29, 0.717) is 5.95 Å². The Labute approximate surface area is 124 Å². The van der Waals surface area contributed by atoms with Crippen LogP contribution in [-0.4, -0.2) is 45.4 Å². The lowest BCUT2D eigenvalue weighted by Gasteiger charge is -2.35. The highest BCUT2D eigenvalue weighted by molar-refractivity contribution is 6.28. The van der Waals surface area contributed by atoms with Crippen LogP contribution in [0.15, 0.2) is 0 Å². The summed E-state index contributed by atoms with van der Waals surface area (Å²) in [7, 11) is 1.87. The summed E-state index contributed by atoms with van der Waals surface area (Å²) in [5.74, 6) is 0.437. The molecule has 112 valence electrons. The van der Waals surface area contributed by atoms with Crippen molar-refractivity contribution < 1.29 is 9.84 Å². The molecule has 2 unspecified atom stereocenters. The SMILES string of the molecule is CC(C)Oc1nc(Cl)nc(N(C)C2CCCCC2O)n1. The average molecular weight is 301 g/mol. The molecule has 1 aromatic rings. The number of halogens is 1. The van der Waals surface area contributed by atoms with E-state index >= 15 is 0 Å². The fraction of sp³-hybridized carbons (Fsp3) is 0.769. The number of likely N-dealkylation sites (N-methyl/N-ethyl adjacent to an activating group) is 1. The van der Waals surface area contributed by atoms with E-state index in [9.17, 15) is 5.11 Å². The fourth-order valence-electron chi connectivity index (χ4n) is 2.44. The van der Waals surface area contributed by atoms with Gasteiger partial charge in [0.05, 0.1) is 18.2 Å². The van der Waals surface area contributed by atoms with Crippen molar-refractivity contribution in [1.29, 1.82) is 0 Å². The van der Waals surface area contributed by atoms with Gasteiger partial charge in [-0.05, 0) is 38.3 Å². The molecular formula is C13H21ClN4O2. The van der Waals surface area contributed by atoms with E-state index in [1.807, 2.05) is 25.8 Å². The Morgan fingerprint density at radius 3 is 2.60 bits per heavy atom. The van der Waals surface area contributed by atoms with Crippen LogP contribution in [0.25, 0.3) is 0 Å². The Bertz CT molecular complexity index is 458. The number of anilines is 1. The molecule has 0 saturated heterocycles. The van der Waals surface area contributed by atoms with Gasteiger partial charge >= 0.3 is 6.01 Å². The van der Waals surface area contributed by atoms with Crippen molar-refractivity contribution >= 4 is 17.5 Å². The number of rotatable bonds is 4. The van der Waals surface area contributed by atoms with Crippen molar-refractivity contribution in [2.45, 2.75) is 57.8 Å². The monoisotopic (exact) mass is 300 g/mol. The van der Waals surface area contributed by atoms with Crippen LogP contribution in [0, 0.1) is 0 Å². The van der Waals surface area contributed by atoms with Gasteiger partial charge < -0.3 is 14.7 Å². The zero-order chi connectivity index (χ0) is 14.7. The quantitative estimate of drug-likeness (QED) is 0.917. The van der Waals surface area contributed by atoms with Gasteiger partial charge in [0, 0.05) is 7.05 Å². The molecule has 7 heteroatoms. The normalized spacial score (nSPS) is 22.9. The molecule has 0 amide bonds. The molecule has 0 radical (unpaired) electrons. The van der Waals surface area contributed by atoms with E-state index in [2.05, 4.69) is 15.0 Å². The summed E-state index contributed by atoms with van der Waals surface area (Å²) in [6, 6.07) is 0.223. The lowest BCUT2D eigenvalue weighted by atomic mass is 9.92. The van der Waals surface area contributed by atoms with Gasteiger partial charge in [-0.3, -0.25) is 0 Å². The molecule has 1 aromatic heterocycles. The lowest BCUT2D eigenvalue weighted by Crippen LogP contribution is -2.44. The molecular weight excluding hydrogens is 280 g/mol. The van der Waals surface area contributed by atoms with Crippen LogP contribution >= 0.6 is 11.6 Å². The fourth-order valence-corrected chi connectivity index (χ4v) is 2.58. The van der Waals surface area contributed by atoms with E-state index in [0.717, 1.165) is 25.7 Å². The molecule has 2 atom stereocenters. The summed E-state index contributed by atoms with van der Waals surface area (Å²) in [6.45, 7) is 3.79. The van der Waals surface area contributed by atoms with Crippen molar-refractivity contribution in [3.8, 4) is 6.01 Å². The smallest absolute Gasteiger partial charge is 0.322 e. The maximum Gasteiger partial charge on any atom is 0.322 e. The van der Waals surface area contributed by atoms with E-state index in [-0.39, 0.29) is 29.5 Å². The first kappa shape index (κ1) is 15.3.